The molecule has 4 heteroatoms. The summed E-state index contributed by atoms with van der Waals surface area (Å²) >= 11 is 0. The van der Waals surface area contributed by atoms with Crippen LogP contribution in [0, 0.1) is 0 Å². The van der Waals surface area contributed by atoms with E-state index in [0.717, 1.165) is 25.7 Å². The number of aromatic amines is 1. The summed E-state index contributed by atoms with van der Waals surface area (Å²) in [4.78, 5) is 11.7. The largest absolute Gasteiger partial charge is 0.478 e. The summed E-state index contributed by atoms with van der Waals surface area (Å²) < 4.78 is 6.99. The molecule has 1 atom stereocenters. The molecule has 1 N–H and O–H groups in total. The van der Waals surface area contributed by atoms with Crippen LogP contribution in [0.15, 0.2) is 10.9 Å². The van der Waals surface area contributed by atoms with Crippen molar-refractivity contribution in [2.24, 2.45) is 0 Å². The Morgan fingerprint density at radius 1 is 1.44 bits per heavy atom. The Balaban J connectivity index is 2.79. The summed E-state index contributed by atoms with van der Waals surface area (Å²) in [6.07, 6.45) is 4.31. The minimum absolute atomic E-state index is 0.00593. The molecule has 0 saturated carbocycles. The molecule has 1 aromatic heterocycles. The maximum atomic E-state index is 11.7. The maximum absolute atomic E-state index is 11.7. The Kier molecular flexibility index (Phi) is 5.15. The molecule has 1 rings (SSSR count). The molecule has 92 valence electrons. The fourth-order valence-corrected chi connectivity index (χ4v) is 1.84. The summed E-state index contributed by atoms with van der Waals surface area (Å²) in [7, 11) is 0. The third-order valence-corrected chi connectivity index (χ3v) is 2.75. The zero-order valence-electron chi connectivity index (χ0n) is 10.5. The van der Waals surface area contributed by atoms with E-state index in [9.17, 15) is 4.79 Å². The molecule has 16 heavy (non-hydrogen) atoms. The standard InChI is InChI=1S/C12H22N2O2/c1-4-7-8-10(5-2)14-12(15)9-11(13-14)16-6-3/h9-10,13H,4-8H2,1-3H3. The zero-order valence-corrected chi connectivity index (χ0v) is 10.5. The van der Waals surface area contributed by atoms with Gasteiger partial charge < -0.3 is 4.74 Å². The van der Waals surface area contributed by atoms with Crippen LogP contribution in [0.2, 0.25) is 0 Å². The number of rotatable bonds is 7. The number of nitrogens with one attached hydrogen (secondary N) is 1. The molecular formula is C12H22N2O2. The monoisotopic (exact) mass is 226 g/mol. The van der Waals surface area contributed by atoms with Gasteiger partial charge in [-0.1, -0.05) is 26.7 Å². The van der Waals surface area contributed by atoms with Gasteiger partial charge >= 0.3 is 0 Å². The minimum atomic E-state index is 0.00593. The molecule has 0 aliphatic carbocycles. The predicted molar refractivity (Wildman–Crippen MR) is 65.1 cm³/mol. The van der Waals surface area contributed by atoms with Crippen LogP contribution < -0.4 is 10.3 Å². The molecule has 0 spiro atoms. The SMILES string of the molecule is CCCCC(CC)n1[nH]c(OCC)cc1=O. The first kappa shape index (κ1) is 12.9. The smallest absolute Gasteiger partial charge is 0.270 e. The Morgan fingerprint density at radius 3 is 2.75 bits per heavy atom. The lowest BCUT2D eigenvalue weighted by Crippen LogP contribution is -2.21. The number of unbranched alkanes of at least 4 members (excludes halogenated alkanes) is 1. The van der Waals surface area contributed by atoms with Gasteiger partial charge in [0.2, 0.25) is 5.88 Å². The first-order chi connectivity index (χ1) is 7.72. The van der Waals surface area contributed by atoms with Crippen LogP contribution in [0.5, 0.6) is 5.88 Å². The van der Waals surface area contributed by atoms with E-state index in [1.54, 1.807) is 4.68 Å². The maximum Gasteiger partial charge on any atom is 0.270 e. The highest BCUT2D eigenvalue weighted by Crippen LogP contribution is 2.17. The molecule has 0 aliphatic rings. The van der Waals surface area contributed by atoms with E-state index < -0.39 is 0 Å². The first-order valence-corrected chi connectivity index (χ1v) is 6.17. The molecule has 0 amide bonds. The Bertz CT molecular complexity index is 354. The van der Waals surface area contributed by atoms with Crippen molar-refractivity contribution in [3.63, 3.8) is 0 Å². The lowest BCUT2D eigenvalue weighted by molar-refractivity contribution is 0.311. The number of aromatic nitrogens is 2. The van der Waals surface area contributed by atoms with Crippen molar-refractivity contribution in [1.29, 1.82) is 0 Å². The van der Waals surface area contributed by atoms with Gasteiger partial charge in [-0.05, 0) is 19.8 Å². The van der Waals surface area contributed by atoms with Gasteiger partial charge in [0, 0.05) is 0 Å². The number of nitrogens with zero attached hydrogens (tertiary/aromatic N) is 1. The Labute approximate surface area is 96.6 Å². The van der Waals surface area contributed by atoms with E-state index >= 15 is 0 Å². The van der Waals surface area contributed by atoms with Gasteiger partial charge in [-0.15, -0.1) is 0 Å². The van der Waals surface area contributed by atoms with Crippen molar-refractivity contribution in [1.82, 2.24) is 9.78 Å². The first-order valence-electron chi connectivity index (χ1n) is 6.17. The summed E-state index contributed by atoms with van der Waals surface area (Å²) in [5, 5.41) is 3.02. The second-order valence-electron chi connectivity index (χ2n) is 3.97. The minimum Gasteiger partial charge on any atom is -0.478 e. The van der Waals surface area contributed by atoms with Crippen LogP contribution in [0.25, 0.3) is 0 Å². The fourth-order valence-electron chi connectivity index (χ4n) is 1.84. The lowest BCUT2D eigenvalue weighted by Gasteiger charge is -2.15. The fraction of sp³-hybridized carbons (Fsp3) is 0.750. The normalized spacial score (nSPS) is 12.7. The molecule has 1 aromatic rings. The lowest BCUT2D eigenvalue weighted by atomic mass is 10.1. The van der Waals surface area contributed by atoms with Crippen molar-refractivity contribution < 1.29 is 4.74 Å². The third kappa shape index (κ3) is 3.15. The van der Waals surface area contributed by atoms with E-state index in [0.29, 0.717) is 12.5 Å². The molecule has 0 radical (unpaired) electrons. The predicted octanol–water partition coefficient (Wildman–Crippen LogP) is 2.72. The van der Waals surface area contributed by atoms with E-state index in [4.69, 9.17) is 4.74 Å². The highest BCUT2D eigenvalue weighted by molar-refractivity contribution is 5.06. The molecule has 0 aromatic carbocycles. The topological polar surface area (TPSA) is 47.0 Å². The quantitative estimate of drug-likeness (QED) is 0.777. The Hall–Kier alpha value is -1.19. The van der Waals surface area contributed by atoms with Crippen molar-refractivity contribution >= 4 is 0 Å². The van der Waals surface area contributed by atoms with Gasteiger partial charge in [-0.25, -0.2) is 4.68 Å². The summed E-state index contributed by atoms with van der Waals surface area (Å²) in [6.45, 7) is 6.75. The van der Waals surface area contributed by atoms with E-state index in [-0.39, 0.29) is 11.6 Å². The zero-order chi connectivity index (χ0) is 12.0. The van der Waals surface area contributed by atoms with Gasteiger partial charge in [-0.3, -0.25) is 9.89 Å². The van der Waals surface area contributed by atoms with Crippen LogP contribution >= 0.6 is 0 Å². The number of hydrogen-bond donors (Lipinski definition) is 1. The van der Waals surface area contributed by atoms with Crippen molar-refractivity contribution in [2.75, 3.05) is 6.61 Å². The van der Waals surface area contributed by atoms with Crippen LogP contribution in [-0.4, -0.2) is 16.4 Å². The highest BCUT2D eigenvalue weighted by atomic mass is 16.5. The van der Waals surface area contributed by atoms with Crippen LogP contribution in [-0.2, 0) is 0 Å². The van der Waals surface area contributed by atoms with Crippen LogP contribution in [0.4, 0.5) is 0 Å². The second-order valence-corrected chi connectivity index (χ2v) is 3.97. The van der Waals surface area contributed by atoms with Crippen LogP contribution in [0.1, 0.15) is 52.5 Å². The molecule has 0 bridgehead atoms. The third-order valence-electron chi connectivity index (χ3n) is 2.75. The van der Waals surface area contributed by atoms with E-state index in [1.165, 1.54) is 6.07 Å². The van der Waals surface area contributed by atoms with Gasteiger partial charge in [0.1, 0.15) is 0 Å². The molecule has 1 heterocycles. The molecule has 0 aliphatic heterocycles. The van der Waals surface area contributed by atoms with Gasteiger partial charge in [0.15, 0.2) is 0 Å². The van der Waals surface area contributed by atoms with Crippen molar-refractivity contribution in [3.8, 4) is 5.88 Å². The molecule has 0 saturated heterocycles. The number of ether oxygens (including phenoxy) is 1. The molecular weight excluding hydrogens is 204 g/mol. The van der Waals surface area contributed by atoms with Crippen LogP contribution in [0.3, 0.4) is 0 Å². The number of H-pyrrole nitrogens is 1. The van der Waals surface area contributed by atoms with Gasteiger partial charge in [0.05, 0.1) is 18.7 Å². The average Bonchev–Trinajstić information content (AvgIpc) is 2.62. The van der Waals surface area contributed by atoms with Crippen molar-refractivity contribution in [2.45, 2.75) is 52.5 Å². The van der Waals surface area contributed by atoms with E-state index in [1.807, 2.05) is 6.92 Å². The summed E-state index contributed by atoms with van der Waals surface area (Å²) in [6, 6.07) is 1.79. The molecule has 0 fully saturated rings. The molecule has 1 unspecified atom stereocenters. The summed E-state index contributed by atoms with van der Waals surface area (Å²) in [5.41, 5.74) is 0.00593. The number of hydrogen-bond acceptors (Lipinski definition) is 2. The second kappa shape index (κ2) is 6.40. The highest BCUT2D eigenvalue weighted by Gasteiger charge is 2.12. The average molecular weight is 226 g/mol. The molecule has 4 nitrogen and oxygen atoms in total. The van der Waals surface area contributed by atoms with Crippen molar-refractivity contribution in [3.05, 3.63) is 16.4 Å². The Morgan fingerprint density at radius 2 is 2.19 bits per heavy atom. The summed E-state index contributed by atoms with van der Waals surface area (Å²) in [5.74, 6) is 0.572. The van der Waals surface area contributed by atoms with E-state index in [2.05, 4.69) is 18.9 Å². The van der Waals surface area contributed by atoms with Gasteiger partial charge in [-0.2, -0.15) is 0 Å². The van der Waals surface area contributed by atoms with Gasteiger partial charge in [0.25, 0.3) is 5.56 Å².